The van der Waals surface area contributed by atoms with Gasteiger partial charge in [-0.25, -0.2) is 9.97 Å². The fourth-order valence-corrected chi connectivity index (χ4v) is 3.23. The molecular formula is C23H23N5O2. The molecule has 7 heteroatoms. The SMILES string of the molecule is COc1ccc(-c2ccc3nc(N)nc(Nc4ccc(C)c(C)c4)c3n2)cc1OC. The molecule has 7 nitrogen and oxygen atoms in total. The molecule has 0 saturated carbocycles. The van der Waals surface area contributed by atoms with Crippen molar-refractivity contribution >= 4 is 28.5 Å². The standard InChI is InChI=1S/C23H23N5O2/c1-13-5-7-16(11-14(13)2)25-22-21-18(27-23(24)28-22)9-8-17(26-21)15-6-10-19(29-3)20(12-15)30-4/h5-12H,1-4H3,(H3,24,25,27,28). The maximum Gasteiger partial charge on any atom is 0.222 e. The molecule has 0 radical (unpaired) electrons. The van der Waals surface area contributed by atoms with Gasteiger partial charge in [-0.05, 0) is 67.4 Å². The highest BCUT2D eigenvalue weighted by Gasteiger charge is 2.12. The summed E-state index contributed by atoms with van der Waals surface area (Å²) >= 11 is 0. The number of aryl methyl sites for hydroxylation is 2. The summed E-state index contributed by atoms with van der Waals surface area (Å²) in [6.45, 7) is 4.15. The van der Waals surface area contributed by atoms with Gasteiger partial charge in [0.25, 0.3) is 0 Å². The Morgan fingerprint density at radius 2 is 1.60 bits per heavy atom. The number of nitrogens with two attached hydrogens (primary N) is 1. The third kappa shape index (κ3) is 3.69. The molecule has 4 rings (SSSR count). The first-order chi connectivity index (χ1) is 14.5. The molecule has 0 aliphatic carbocycles. The normalized spacial score (nSPS) is 10.8. The van der Waals surface area contributed by atoms with Gasteiger partial charge in [-0.2, -0.15) is 4.98 Å². The summed E-state index contributed by atoms with van der Waals surface area (Å²) in [7, 11) is 3.22. The van der Waals surface area contributed by atoms with Crippen LogP contribution in [0.15, 0.2) is 48.5 Å². The maximum atomic E-state index is 5.93. The Balaban J connectivity index is 1.81. The van der Waals surface area contributed by atoms with Gasteiger partial charge in [-0.1, -0.05) is 6.07 Å². The quantitative estimate of drug-likeness (QED) is 0.502. The van der Waals surface area contributed by atoms with E-state index in [1.807, 2.05) is 36.4 Å². The van der Waals surface area contributed by atoms with Crippen LogP contribution in [-0.2, 0) is 0 Å². The highest BCUT2D eigenvalue weighted by atomic mass is 16.5. The number of anilines is 3. The van der Waals surface area contributed by atoms with Crippen molar-refractivity contribution in [2.24, 2.45) is 0 Å². The van der Waals surface area contributed by atoms with Crippen LogP contribution < -0.4 is 20.5 Å². The Kier molecular flexibility index (Phi) is 5.10. The van der Waals surface area contributed by atoms with Crippen molar-refractivity contribution in [1.82, 2.24) is 15.0 Å². The van der Waals surface area contributed by atoms with E-state index in [-0.39, 0.29) is 5.95 Å². The molecule has 3 N–H and O–H groups in total. The molecule has 2 aromatic carbocycles. The number of hydrogen-bond donors (Lipinski definition) is 2. The lowest BCUT2D eigenvalue weighted by atomic mass is 10.1. The number of nitrogen functional groups attached to an aromatic ring is 1. The van der Waals surface area contributed by atoms with Crippen LogP contribution in [0.25, 0.3) is 22.3 Å². The largest absolute Gasteiger partial charge is 0.493 e. The molecule has 30 heavy (non-hydrogen) atoms. The maximum absolute atomic E-state index is 5.93. The average Bonchev–Trinajstić information content (AvgIpc) is 2.75. The van der Waals surface area contributed by atoms with Crippen molar-refractivity contribution in [3.63, 3.8) is 0 Å². The molecule has 0 fully saturated rings. The second-order valence-electron chi connectivity index (χ2n) is 6.99. The van der Waals surface area contributed by atoms with Crippen LogP contribution in [-0.4, -0.2) is 29.2 Å². The minimum atomic E-state index is 0.189. The van der Waals surface area contributed by atoms with E-state index in [1.54, 1.807) is 14.2 Å². The van der Waals surface area contributed by atoms with Crippen molar-refractivity contribution in [3.8, 4) is 22.8 Å². The number of pyridine rings is 1. The Bertz CT molecular complexity index is 1240. The fourth-order valence-electron chi connectivity index (χ4n) is 3.23. The van der Waals surface area contributed by atoms with Gasteiger partial charge in [-0.3, -0.25) is 0 Å². The topological polar surface area (TPSA) is 95.2 Å². The molecule has 0 spiro atoms. The van der Waals surface area contributed by atoms with E-state index in [4.69, 9.17) is 20.2 Å². The zero-order valence-electron chi connectivity index (χ0n) is 17.4. The van der Waals surface area contributed by atoms with Gasteiger partial charge in [0.15, 0.2) is 17.3 Å². The first-order valence-corrected chi connectivity index (χ1v) is 9.49. The summed E-state index contributed by atoms with van der Waals surface area (Å²) in [5.41, 5.74) is 12.2. The summed E-state index contributed by atoms with van der Waals surface area (Å²) in [6.07, 6.45) is 0. The van der Waals surface area contributed by atoms with Crippen molar-refractivity contribution in [2.45, 2.75) is 13.8 Å². The lowest BCUT2D eigenvalue weighted by molar-refractivity contribution is 0.355. The monoisotopic (exact) mass is 401 g/mol. The number of rotatable bonds is 5. The first kappa shape index (κ1) is 19.4. The van der Waals surface area contributed by atoms with Gasteiger partial charge in [0.1, 0.15) is 5.52 Å². The van der Waals surface area contributed by atoms with E-state index < -0.39 is 0 Å². The number of aromatic nitrogens is 3. The highest BCUT2D eigenvalue weighted by Crippen LogP contribution is 2.33. The zero-order chi connectivity index (χ0) is 21.3. The number of hydrogen-bond acceptors (Lipinski definition) is 7. The molecule has 0 amide bonds. The molecule has 0 atom stereocenters. The van der Waals surface area contributed by atoms with Crippen LogP contribution in [0, 0.1) is 13.8 Å². The molecule has 0 bridgehead atoms. The number of methoxy groups -OCH3 is 2. The predicted molar refractivity (Wildman–Crippen MR) is 119 cm³/mol. The summed E-state index contributed by atoms with van der Waals surface area (Å²) < 4.78 is 10.7. The number of nitrogens with zero attached hydrogens (tertiary/aromatic N) is 3. The van der Waals surface area contributed by atoms with Gasteiger partial charge in [0.05, 0.1) is 25.4 Å². The molecule has 152 valence electrons. The summed E-state index contributed by atoms with van der Waals surface area (Å²) in [5.74, 6) is 2.05. The molecule has 0 aliphatic heterocycles. The first-order valence-electron chi connectivity index (χ1n) is 9.49. The van der Waals surface area contributed by atoms with E-state index in [0.717, 1.165) is 16.9 Å². The van der Waals surface area contributed by atoms with Crippen LogP contribution in [0.4, 0.5) is 17.5 Å². The van der Waals surface area contributed by atoms with Crippen molar-refractivity contribution in [3.05, 3.63) is 59.7 Å². The number of nitrogens with one attached hydrogen (secondary N) is 1. The lowest BCUT2D eigenvalue weighted by Crippen LogP contribution is -2.03. The lowest BCUT2D eigenvalue weighted by Gasteiger charge is -2.12. The molecule has 2 heterocycles. The van der Waals surface area contributed by atoms with Crippen LogP contribution in [0.2, 0.25) is 0 Å². The molecule has 2 aromatic heterocycles. The van der Waals surface area contributed by atoms with Gasteiger partial charge < -0.3 is 20.5 Å². The predicted octanol–water partition coefficient (Wildman–Crippen LogP) is 4.65. The number of benzene rings is 2. The molecule has 0 saturated heterocycles. The molecular weight excluding hydrogens is 378 g/mol. The van der Waals surface area contributed by atoms with E-state index in [2.05, 4.69) is 41.3 Å². The third-order valence-electron chi connectivity index (χ3n) is 5.01. The van der Waals surface area contributed by atoms with E-state index >= 15 is 0 Å². The zero-order valence-corrected chi connectivity index (χ0v) is 17.4. The summed E-state index contributed by atoms with van der Waals surface area (Å²) in [5, 5.41) is 3.34. The van der Waals surface area contributed by atoms with Crippen molar-refractivity contribution < 1.29 is 9.47 Å². The molecule has 0 aliphatic rings. The number of fused-ring (bicyclic) bond motifs is 1. The molecule has 0 unspecified atom stereocenters. The van der Waals surface area contributed by atoms with E-state index in [9.17, 15) is 0 Å². The van der Waals surface area contributed by atoms with E-state index in [1.165, 1.54) is 11.1 Å². The minimum Gasteiger partial charge on any atom is -0.493 e. The Hall–Kier alpha value is -3.87. The van der Waals surface area contributed by atoms with Crippen LogP contribution >= 0.6 is 0 Å². The number of ether oxygens (including phenoxy) is 2. The fraction of sp³-hybridized carbons (Fsp3) is 0.174. The molecule has 4 aromatic rings. The second kappa shape index (κ2) is 7.87. The van der Waals surface area contributed by atoms with Crippen molar-refractivity contribution in [1.29, 1.82) is 0 Å². The van der Waals surface area contributed by atoms with Crippen LogP contribution in [0.5, 0.6) is 11.5 Å². The van der Waals surface area contributed by atoms with Crippen LogP contribution in [0.3, 0.4) is 0 Å². The van der Waals surface area contributed by atoms with Gasteiger partial charge in [0, 0.05) is 11.3 Å². The van der Waals surface area contributed by atoms with Crippen LogP contribution in [0.1, 0.15) is 11.1 Å². The van der Waals surface area contributed by atoms with Gasteiger partial charge in [0.2, 0.25) is 5.95 Å². The third-order valence-corrected chi connectivity index (χ3v) is 5.01. The Morgan fingerprint density at radius 3 is 2.33 bits per heavy atom. The average molecular weight is 401 g/mol. The van der Waals surface area contributed by atoms with Crippen molar-refractivity contribution in [2.75, 3.05) is 25.3 Å². The Morgan fingerprint density at radius 1 is 0.800 bits per heavy atom. The summed E-state index contributed by atoms with van der Waals surface area (Å²) in [6, 6.07) is 15.6. The van der Waals surface area contributed by atoms with E-state index in [0.29, 0.717) is 28.4 Å². The minimum absolute atomic E-state index is 0.189. The smallest absolute Gasteiger partial charge is 0.222 e. The van der Waals surface area contributed by atoms with Gasteiger partial charge in [-0.15, -0.1) is 0 Å². The second-order valence-corrected chi connectivity index (χ2v) is 6.99. The Labute approximate surface area is 174 Å². The van der Waals surface area contributed by atoms with Gasteiger partial charge >= 0.3 is 0 Å². The summed E-state index contributed by atoms with van der Waals surface area (Å²) in [4.78, 5) is 13.5. The highest BCUT2D eigenvalue weighted by molar-refractivity contribution is 5.90.